The Balaban J connectivity index is 1.78. The number of aryl methyl sites for hydroxylation is 2. The van der Waals surface area contributed by atoms with Gasteiger partial charge in [0.15, 0.2) is 0 Å². The Bertz CT molecular complexity index is 569. The van der Waals surface area contributed by atoms with Crippen LogP contribution in [-0.2, 0) is 19.5 Å². The second-order valence-corrected chi connectivity index (χ2v) is 4.96. The van der Waals surface area contributed by atoms with E-state index in [1.807, 2.05) is 29.0 Å². The smallest absolute Gasteiger partial charge is 0.315 e. The summed E-state index contributed by atoms with van der Waals surface area (Å²) < 4.78 is 2.04. The Morgan fingerprint density at radius 1 is 1.23 bits per heavy atom. The summed E-state index contributed by atoms with van der Waals surface area (Å²) in [6, 6.07) is 10.0. The number of nitrogens with one attached hydrogen (secondary N) is 2. The topological polar surface area (TPSA) is 79.2 Å². The number of carbonyl (C=O) groups excluding carboxylic acids is 1. The Hall–Kier alpha value is -2.34. The van der Waals surface area contributed by atoms with Crippen LogP contribution in [-0.4, -0.2) is 33.8 Å². The molecule has 1 aromatic carbocycles. The molecule has 0 saturated carbocycles. The number of amides is 2. The summed E-state index contributed by atoms with van der Waals surface area (Å²) in [4.78, 5) is 15.8. The summed E-state index contributed by atoms with van der Waals surface area (Å²) in [7, 11) is 0. The van der Waals surface area contributed by atoms with Crippen molar-refractivity contribution in [2.24, 2.45) is 0 Å². The molecule has 0 radical (unpaired) electrons. The Labute approximate surface area is 130 Å². The lowest BCUT2D eigenvalue weighted by Crippen LogP contribution is -2.36. The van der Waals surface area contributed by atoms with Crippen molar-refractivity contribution in [1.29, 1.82) is 0 Å². The van der Waals surface area contributed by atoms with E-state index in [1.54, 1.807) is 6.20 Å². The van der Waals surface area contributed by atoms with Gasteiger partial charge in [0.1, 0.15) is 5.82 Å². The minimum absolute atomic E-state index is 0.0736. The summed E-state index contributed by atoms with van der Waals surface area (Å²) in [6.07, 6.45) is 5.14. The zero-order chi connectivity index (χ0) is 15.6. The summed E-state index contributed by atoms with van der Waals surface area (Å²) in [5.41, 5.74) is 1.27. The molecule has 0 aliphatic rings. The predicted molar refractivity (Wildman–Crippen MR) is 84.3 cm³/mol. The highest BCUT2D eigenvalue weighted by Crippen LogP contribution is 2.04. The average molecular weight is 302 g/mol. The monoisotopic (exact) mass is 302 g/mol. The SMILES string of the molecule is O=C(NCCCO)NCc1nccn1CCc1ccccc1. The first-order valence-corrected chi connectivity index (χ1v) is 7.46. The first-order chi connectivity index (χ1) is 10.8. The van der Waals surface area contributed by atoms with Gasteiger partial charge in [-0.05, 0) is 18.4 Å². The fraction of sp³-hybridized carbons (Fsp3) is 0.375. The van der Waals surface area contributed by atoms with Crippen molar-refractivity contribution in [3.8, 4) is 0 Å². The maximum absolute atomic E-state index is 11.6. The number of urea groups is 1. The lowest BCUT2D eigenvalue weighted by molar-refractivity contribution is 0.237. The van der Waals surface area contributed by atoms with Crippen LogP contribution < -0.4 is 10.6 Å². The van der Waals surface area contributed by atoms with Gasteiger partial charge in [0.2, 0.25) is 0 Å². The van der Waals surface area contributed by atoms with E-state index in [4.69, 9.17) is 5.11 Å². The molecule has 6 heteroatoms. The van der Waals surface area contributed by atoms with Crippen LogP contribution in [0.4, 0.5) is 4.79 Å². The number of hydrogen-bond acceptors (Lipinski definition) is 3. The highest BCUT2D eigenvalue weighted by molar-refractivity contribution is 5.73. The third-order valence-corrected chi connectivity index (χ3v) is 3.31. The number of imidazole rings is 1. The van der Waals surface area contributed by atoms with E-state index in [-0.39, 0.29) is 12.6 Å². The Morgan fingerprint density at radius 3 is 2.82 bits per heavy atom. The fourth-order valence-electron chi connectivity index (χ4n) is 2.11. The van der Waals surface area contributed by atoms with Crippen molar-refractivity contribution in [2.75, 3.05) is 13.2 Å². The molecule has 118 valence electrons. The minimum atomic E-state index is -0.244. The number of aliphatic hydroxyl groups excluding tert-OH is 1. The maximum atomic E-state index is 11.6. The van der Waals surface area contributed by atoms with Crippen LogP contribution in [0.1, 0.15) is 17.8 Å². The molecule has 2 amide bonds. The average Bonchev–Trinajstić information content (AvgIpc) is 3.00. The van der Waals surface area contributed by atoms with E-state index in [2.05, 4.69) is 27.8 Å². The van der Waals surface area contributed by atoms with Gasteiger partial charge in [0.05, 0.1) is 6.54 Å². The number of aromatic nitrogens is 2. The lowest BCUT2D eigenvalue weighted by atomic mass is 10.1. The molecule has 6 nitrogen and oxygen atoms in total. The predicted octanol–water partition coefficient (Wildman–Crippen LogP) is 1.31. The van der Waals surface area contributed by atoms with Crippen LogP contribution in [0.5, 0.6) is 0 Å². The molecule has 1 aromatic heterocycles. The van der Waals surface area contributed by atoms with Gasteiger partial charge in [-0.25, -0.2) is 9.78 Å². The highest BCUT2D eigenvalue weighted by Gasteiger charge is 2.05. The summed E-state index contributed by atoms with van der Waals surface area (Å²) in [6.45, 7) is 1.74. The van der Waals surface area contributed by atoms with Crippen LogP contribution >= 0.6 is 0 Å². The van der Waals surface area contributed by atoms with Gasteiger partial charge in [-0.2, -0.15) is 0 Å². The van der Waals surface area contributed by atoms with Crippen LogP contribution in [0, 0.1) is 0 Å². The molecule has 2 rings (SSSR count). The third kappa shape index (κ3) is 5.21. The molecule has 0 spiro atoms. The van der Waals surface area contributed by atoms with Gasteiger partial charge in [0.25, 0.3) is 0 Å². The second kappa shape index (κ2) is 8.84. The standard InChI is InChI=1S/C16H22N4O2/c21-12-4-8-18-16(22)19-13-15-17-9-11-20(15)10-7-14-5-2-1-3-6-14/h1-3,5-6,9,11,21H,4,7-8,10,12-13H2,(H2,18,19,22). The van der Waals surface area contributed by atoms with Crippen LogP contribution in [0.3, 0.4) is 0 Å². The molecule has 0 unspecified atom stereocenters. The molecule has 0 atom stereocenters. The van der Waals surface area contributed by atoms with Crippen molar-refractivity contribution in [1.82, 2.24) is 20.2 Å². The molecule has 0 bridgehead atoms. The van der Waals surface area contributed by atoms with E-state index in [1.165, 1.54) is 5.56 Å². The second-order valence-electron chi connectivity index (χ2n) is 4.96. The van der Waals surface area contributed by atoms with E-state index in [0.717, 1.165) is 18.8 Å². The molecule has 1 heterocycles. The van der Waals surface area contributed by atoms with E-state index >= 15 is 0 Å². The third-order valence-electron chi connectivity index (χ3n) is 3.31. The summed E-state index contributed by atoms with van der Waals surface area (Å²) in [5, 5.41) is 14.1. The van der Waals surface area contributed by atoms with Gasteiger partial charge in [0, 0.05) is 32.1 Å². The fourth-order valence-corrected chi connectivity index (χ4v) is 2.11. The normalized spacial score (nSPS) is 10.4. The van der Waals surface area contributed by atoms with E-state index < -0.39 is 0 Å². The van der Waals surface area contributed by atoms with Gasteiger partial charge >= 0.3 is 6.03 Å². The number of aliphatic hydroxyl groups is 1. The molecular formula is C16H22N4O2. The maximum Gasteiger partial charge on any atom is 0.315 e. The first kappa shape index (κ1) is 16.0. The number of hydrogen-bond donors (Lipinski definition) is 3. The van der Waals surface area contributed by atoms with E-state index in [9.17, 15) is 4.79 Å². The Kier molecular flexibility index (Phi) is 6.44. The molecule has 3 N–H and O–H groups in total. The molecule has 22 heavy (non-hydrogen) atoms. The van der Waals surface area contributed by atoms with Crippen molar-refractivity contribution < 1.29 is 9.90 Å². The molecule has 0 aliphatic carbocycles. The molecule has 0 fully saturated rings. The largest absolute Gasteiger partial charge is 0.396 e. The lowest BCUT2D eigenvalue weighted by Gasteiger charge is -2.10. The molecular weight excluding hydrogens is 280 g/mol. The van der Waals surface area contributed by atoms with Gasteiger partial charge in [-0.1, -0.05) is 30.3 Å². The summed E-state index contributed by atoms with van der Waals surface area (Å²) >= 11 is 0. The number of benzene rings is 1. The highest BCUT2D eigenvalue weighted by atomic mass is 16.3. The zero-order valence-corrected chi connectivity index (χ0v) is 12.5. The van der Waals surface area contributed by atoms with Crippen LogP contribution in [0.2, 0.25) is 0 Å². The first-order valence-electron chi connectivity index (χ1n) is 7.46. The van der Waals surface area contributed by atoms with Gasteiger partial charge < -0.3 is 20.3 Å². The minimum Gasteiger partial charge on any atom is -0.396 e. The quantitative estimate of drug-likeness (QED) is 0.643. The molecule has 0 saturated heterocycles. The van der Waals surface area contributed by atoms with Crippen molar-refractivity contribution in [3.05, 3.63) is 54.1 Å². The van der Waals surface area contributed by atoms with Crippen molar-refractivity contribution >= 4 is 6.03 Å². The number of carbonyl (C=O) groups is 1. The molecule has 2 aromatic rings. The zero-order valence-electron chi connectivity index (χ0n) is 12.5. The number of rotatable bonds is 8. The molecule has 0 aliphatic heterocycles. The van der Waals surface area contributed by atoms with Crippen LogP contribution in [0.15, 0.2) is 42.7 Å². The van der Waals surface area contributed by atoms with Gasteiger partial charge in [-0.15, -0.1) is 0 Å². The van der Waals surface area contributed by atoms with Gasteiger partial charge in [-0.3, -0.25) is 0 Å². The Morgan fingerprint density at radius 2 is 2.05 bits per heavy atom. The van der Waals surface area contributed by atoms with Crippen molar-refractivity contribution in [3.63, 3.8) is 0 Å². The van der Waals surface area contributed by atoms with Crippen LogP contribution in [0.25, 0.3) is 0 Å². The summed E-state index contributed by atoms with van der Waals surface area (Å²) in [5.74, 6) is 0.827. The van der Waals surface area contributed by atoms with E-state index in [0.29, 0.717) is 19.5 Å². The number of nitrogens with zero attached hydrogens (tertiary/aromatic N) is 2. The van der Waals surface area contributed by atoms with Crippen molar-refractivity contribution in [2.45, 2.75) is 25.9 Å².